The third kappa shape index (κ3) is 3.56. The Morgan fingerprint density at radius 3 is 2.74 bits per heavy atom. The first kappa shape index (κ1) is 15.6. The zero-order valence-electron chi connectivity index (χ0n) is 13.5. The SMILES string of the molecule is Cn1cc(C(=O)NCc2cnc(C3(C)CCCCO3)nc2)cn1. The molecule has 0 aliphatic carbocycles. The monoisotopic (exact) mass is 315 g/mol. The molecule has 1 N–H and O–H groups in total. The summed E-state index contributed by atoms with van der Waals surface area (Å²) in [5.41, 5.74) is 0.994. The maximum absolute atomic E-state index is 12.0. The van der Waals surface area contributed by atoms with Crippen LogP contribution in [0.3, 0.4) is 0 Å². The van der Waals surface area contributed by atoms with Gasteiger partial charge in [-0.2, -0.15) is 5.10 Å². The largest absolute Gasteiger partial charge is 0.367 e. The van der Waals surface area contributed by atoms with E-state index in [1.807, 2.05) is 6.92 Å². The van der Waals surface area contributed by atoms with Gasteiger partial charge in [0.15, 0.2) is 5.82 Å². The number of aromatic nitrogens is 4. The number of hydrogen-bond donors (Lipinski definition) is 1. The molecule has 122 valence electrons. The first-order valence-electron chi connectivity index (χ1n) is 7.79. The Bertz CT molecular complexity index is 674. The maximum Gasteiger partial charge on any atom is 0.254 e. The third-order valence-electron chi connectivity index (χ3n) is 4.07. The summed E-state index contributed by atoms with van der Waals surface area (Å²) in [6.07, 6.45) is 9.86. The lowest BCUT2D eigenvalue weighted by atomic mass is 9.95. The second-order valence-electron chi connectivity index (χ2n) is 6.04. The van der Waals surface area contributed by atoms with Crippen molar-refractivity contribution in [1.82, 2.24) is 25.1 Å². The second-order valence-corrected chi connectivity index (χ2v) is 6.04. The van der Waals surface area contributed by atoms with Crippen LogP contribution in [-0.2, 0) is 23.9 Å². The fourth-order valence-electron chi connectivity index (χ4n) is 2.65. The van der Waals surface area contributed by atoms with E-state index in [9.17, 15) is 4.79 Å². The summed E-state index contributed by atoms with van der Waals surface area (Å²) in [5, 5.41) is 6.81. The molecule has 0 spiro atoms. The molecule has 0 saturated carbocycles. The number of carbonyl (C=O) groups is 1. The van der Waals surface area contributed by atoms with E-state index in [1.54, 1.807) is 30.3 Å². The van der Waals surface area contributed by atoms with Gasteiger partial charge in [0.1, 0.15) is 5.60 Å². The Balaban J connectivity index is 1.60. The summed E-state index contributed by atoms with van der Waals surface area (Å²) >= 11 is 0. The smallest absolute Gasteiger partial charge is 0.254 e. The molecule has 1 saturated heterocycles. The van der Waals surface area contributed by atoms with Crippen molar-refractivity contribution in [2.75, 3.05) is 6.61 Å². The molecule has 1 amide bonds. The first-order valence-corrected chi connectivity index (χ1v) is 7.79. The van der Waals surface area contributed by atoms with Crippen LogP contribution < -0.4 is 5.32 Å². The van der Waals surface area contributed by atoms with E-state index in [1.165, 1.54) is 6.20 Å². The molecule has 2 aromatic heterocycles. The van der Waals surface area contributed by atoms with Crippen molar-refractivity contribution < 1.29 is 9.53 Å². The number of rotatable bonds is 4. The van der Waals surface area contributed by atoms with Gasteiger partial charge in [-0.3, -0.25) is 9.48 Å². The molecule has 2 aromatic rings. The van der Waals surface area contributed by atoms with E-state index in [4.69, 9.17) is 4.74 Å². The van der Waals surface area contributed by atoms with Crippen LogP contribution in [0.25, 0.3) is 0 Å². The molecule has 7 heteroatoms. The number of carbonyl (C=O) groups excluding carboxylic acids is 1. The molecule has 3 rings (SSSR count). The number of hydrogen-bond acceptors (Lipinski definition) is 5. The minimum Gasteiger partial charge on any atom is -0.367 e. The zero-order valence-corrected chi connectivity index (χ0v) is 13.5. The zero-order chi connectivity index (χ0) is 16.3. The van der Waals surface area contributed by atoms with Gasteiger partial charge in [-0.25, -0.2) is 9.97 Å². The summed E-state index contributed by atoms with van der Waals surface area (Å²) in [6.45, 7) is 3.17. The second kappa shape index (κ2) is 6.45. The summed E-state index contributed by atoms with van der Waals surface area (Å²) in [6, 6.07) is 0. The standard InChI is InChI=1S/C16H21N5O2/c1-16(5-3-4-6-23-16)15-18-8-12(9-19-15)7-17-14(22)13-10-20-21(2)11-13/h8-11H,3-7H2,1-2H3,(H,17,22). The van der Waals surface area contributed by atoms with Gasteiger partial charge in [0.25, 0.3) is 5.91 Å². The van der Waals surface area contributed by atoms with Crippen molar-refractivity contribution in [2.24, 2.45) is 7.05 Å². The summed E-state index contributed by atoms with van der Waals surface area (Å²) in [7, 11) is 1.78. The number of aryl methyl sites for hydroxylation is 1. The summed E-state index contributed by atoms with van der Waals surface area (Å²) in [4.78, 5) is 20.8. The Kier molecular flexibility index (Phi) is 4.38. The van der Waals surface area contributed by atoms with Gasteiger partial charge in [-0.1, -0.05) is 0 Å². The van der Waals surface area contributed by atoms with Gasteiger partial charge in [-0.05, 0) is 26.2 Å². The van der Waals surface area contributed by atoms with Gasteiger partial charge < -0.3 is 10.1 Å². The highest BCUT2D eigenvalue weighted by Gasteiger charge is 2.32. The fraction of sp³-hybridized carbons (Fsp3) is 0.500. The topological polar surface area (TPSA) is 81.9 Å². The predicted molar refractivity (Wildman–Crippen MR) is 83.6 cm³/mol. The van der Waals surface area contributed by atoms with E-state index >= 15 is 0 Å². The quantitative estimate of drug-likeness (QED) is 0.926. The molecule has 1 unspecified atom stereocenters. The van der Waals surface area contributed by atoms with Gasteiger partial charge in [0, 0.05) is 44.4 Å². The van der Waals surface area contributed by atoms with Crippen LogP contribution in [-0.4, -0.2) is 32.3 Å². The van der Waals surface area contributed by atoms with E-state index in [2.05, 4.69) is 20.4 Å². The van der Waals surface area contributed by atoms with Crippen LogP contribution >= 0.6 is 0 Å². The molecule has 1 atom stereocenters. The first-order chi connectivity index (χ1) is 11.1. The van der Waals surface area contributed by atoms with Crippen molar-refractivity contribution >= 4 is 5.91 Å². The lowest BCUT2D eigenvalue weighted by molar-refractivity contribution is -0.0760. The molecule has 0 bridgehead atoms. The van der Waals surface area contributed by atoms with E-state index in [0.717, 1.165) is 31.4 Å². The molecule has 1 aliphatic heterocycles. The van der Waals surface area contributed by atoms with Crippen molar-refractivity contribution in [3.8, 4) is 0 Å². The minimum absolute atomic E-state index is 0.162. The average molecular weight is 315 g/mol. The molecule has 23 heavy (non-hydrogen) atoms. The normalized spacial score (nSPS) is 21.1. The van der Waals surface area contributed by atoms with Crippen LogP contribution in [0.1, 0.15) is 47.9 Å². The van der Waals surface area contributed by atoms with Crippen LogP contribution in [0, 0.1) is 0 Å². The fourth-order valence-corrected chi connectivity index (χ4v) is 2.65. The van der Waals surface area contributed by atoms with Gasteiger partial charge in [0.05, 0.1) is 11.8 Å². The van der Waals surface area contributed by atoms with E-state index in [-0.39, 0.29) is 5.91 Å². The molecular formula is C16H21N5O2. The molecule has 7 nitrogen and oxygen atoms in total. The van der Waals surface area contributed by atoms with E-state index < -0.39 is 5.60 Å². The van der Waals surface area contributed by atoms with Gasteiger partial charge >= 0.3 is 0 Å². The van der Waals surface area contributed by atoms with Crippen LogP contribution in [0.2, 0.25) is 0 Å². The predicted octanol–water partition coefficient (Wildman–Crippen LogP) is 1.56. The number of amides is 1. The van der Waals surface area contributed by atoms with Crippen molar-refractivity contribution in [1.29, 1.82) is 0 Å². The highest BCUT2D eigenvalue weighted by molar-refractivity contribution is 5.93. The Labute approximate surface area is 135 Å². The molecule has 3 heterocycles. The number of nitrogens with one attached hydrogen (secondary N) is 1. The summed E-state index contributed by atoms with van der Waals surface area (Å²) in [5.74, 6) is 0.546. The molecule has 0 aromatic carbocycles. The van der Waals surface area contributed by atoms with E-state index in [0.29, 0.717) is 17.9 Å². The molecule has 1 fully saturated rings. The summed E-state index contributed by atoms with van der Waals surface area (Å²) < 4.78 is 7.44. The van der Waals surface area contributed by atoms with Gasteiger partial charge in [-0.15, -0.1) is 0 Å². The van der Waals surface area contributed by atoms with Crippen LogP contribution in [0.4, 0.5) is 0 Å². The Hall–Kier alpha value is -2.28. The Morgan fingerprint density at radius 1 is 1.35 bits per heavy atom. The lowest BCUT2D eigenvalue weighted by Gasteiger charge is -2.32. The van der Waals surface area contributed by atoms with Crippen molar-refractivity contribution in [3.63, 3.8) is 0 Å². The maximum atomic E-state index is 12.0. The van der Waals surface area contributed by atoms with Crippen molar-refractivity contribution in [3.05, 3.63) is 41.7 Å². The van der Waals surface area contributed by atoms with Crippen LogP contribution in [0.15, 0.2) is 24.8 Å². The third-order valence-corrected chi connectivity index (χ3v) is 4.07. The lowest BCUT2D eigenvalue weighted by Crippen LogP contribution is -2.32. The average Bonchev–Trinajstić information content (AvgIpc) is 3.00. The number of ether oxygens (including phenoxy) is 1. The van der Waals surface area contributed by atoms with Crippen molar-refractivity contribution in [2.45, 2.75) is 38.3 Å². The minimum atomic E-state index is -0.393. The molecular weight excluding hydrogens is 294 g/mol. The Morgan fingerprint density at radius 2 is 2.13 bits per heavy atom. The molecule has 0 radical (unpaired) electrons. The highest BCUT2D eigenvalue weighted by atomic mass is 16.5. The molecule has 1 aliphatic rings. The highest BCUT2D eigenvalue weighted by Crippen LogP contribution is 2.32. The van der Waals surface area contributed by atoms with Gasteiger partial charge in [0.2, 0.25) is 0 Å². The van der Waals surface area contributed by atoms with Crippen LogP contribution in [0.5, 0.6) is 0 Å². The number of nitrogens with zero attached hydrogens (tertiary/aromatic N) is 4.